The fourth-order valence-electron chi connectivity index (χ4n) is 2.13. The molecule has 0 spiro atoms. The maximum Gasteiger partial charge on any atom is 0.234 e. The highest BCUT2D eigenvalue weighted by Gasteiger charge is 2.19. The van der Waals surface area contributed by atoms with E-state index in [9.17, 15) is 4.79 Å². The van der Waals surface area contributed by atoms with Crippen molar-refractivity contribution in [2.24, 2.45) is 0 Å². The molecule has 94 valence electrons. The zero-order chi connectivity index (χ0) is 11.8. The fraction of sp³-hybridized carbons (Fsp3) is 0.917. The zero-order valence-corrected chi connectivity index (χ0v) is 10.6. The second kappa shape index (κ2) is 7.63. The molecule has 1 rings (SSSR count). The zero-order valence-electron chi connectivity index (χ0n) is 10.6. The molecular formula is C12H25N3O. The molecule has 0 unspecified atom stereocenters. The monoisotopic (exact) mass is 227 g/mol. The first-order chi connectivity index (χ1) is 7.76. The van der Waals surface area contributed by atoms with Gasteiger partial charge in [0.2, 0.25) is 5.91 Å². The Hall–Kier alpha value is -0.610. The Morgan fingerprint density at radius 2 is 2.00 bits per heavy atom. The number of amides is 1. The molecule has 1 heterocycles. The molecule has 1 aliphatic heterocycles. The van der Waals surface area contributed by atoms with Crippen LogP contribution in [0.25, 0.3) is 0 Å². The number of carbonyl (C=O) groups is 1. The van der Waals surface area contributed by atoms with Gasteiger partial charge in [-0.15, -0.1) is 0 Å². The first-order valence-corrected chi connectivity index (χ1v) is 6.48. The molecule has 0 radical (unpaired) electrons. The van der Waals surface area contributed by atoms with Crippen molar-refractivity contribution >= 4 is 5.91 Å². The first kappa shape index (κ1) is 13.5. The van der Waals surface area contributed by atoms with E-state index in [1.807, 2.05) is 6.92 Å². The van der Waals surface area contributed by atoms with Gasteiger partial charge in [-0.05, 0) is 32.4 Å². The third-order valence-electron chi connectivity index (χ3n) is 3.03. The fourth-order valence-corrected chi connectivity index (χ4v) is 2.13. The lowest BCUT2D eigenvalue weighted by Gasteiger charge is -2.32. The Bertz CT molecular complexity index is 200. The van der Waals surface area contributed by atoms with Gasteiger partial charge in [0.25, 0.3) is 0 Å². The number of carbonyl (C=O) groups excluding carboxylic acids is 1. The normalized spacial score (nSPS) is 18.6. The lowest BCUT2D eigenvalue weighted by atomic mass is 10.0. The molecule has 1 aliphatic rings. The number of hydrogen-bond donors (Lipinski definition) is 2. The molecule has 0 atom stereocenters. The van der Waals surface area contributed by atoms with Crippen LogP contribution in [0.1, 0.15) is 33.1 Å². The van der Waals surface area contributed by atoms with E-state index in [-0.39, 0.29) is 5.91 Å². The van der Waals surface area contributed by atoms with E-state index in [4.69, 9.17) is 0 Å². The summed E-state index contributed by atoms with van der Waals surface area (Å²) in [6.45, 7) is 8.97. The quantitative estimate of drug-likeness (QED) is 0.698. The van der Waals surface area contributed by atoms with Crippen LogP contribution in [0.2, 0.25) is 0 Å². The number of likely N-dealkylation sites (N-methyl/N-ethyl adjacent to an activating group) is 1. The summed E-state index contributed by atoms with van der Waals surface area (Å²) < 4.78 is 0. The van der Waals surface area contributed by atoms with Crippen LogP contribution < -0.4 is 10.6 Å². The number of piperidine rings is 1. The van der Waals surface area contributed by atoms with E-state index in [0.29, 0.717) is 12.6 Å². The molecule has 0 aromatic rings. The summed E-state index contributed by atoms with van der Waals surface area (Å²) >= 11 is 0. The third kappa shape index (κ3) is 4.94. The number of nitrogens with one attached hydrogen (secondary N) is 2. The molecule has 16 heavy (non-hydrogen) atoms. The Labute approximate surface area is 98.8 Å². The average Bonchev–Trinajstić information content (AvgIpc) is 2.29. The molecule has 0 aliphatic carbocycles. The SMILES string of the molecule is CCCN1CCC(NC(=O)CNCC)CC1. The van der Waals surface area contributed by atoms with E-state index in [1.54, 1.807) is 0 Å². The van der Waals surface area contributed by atoms with E-state index >= 15 is 0 Å². The highest BCUT2D eigenvalue weighted by molar-refractivity contribution is 5.78. The van der Waals surface area contributed by atoms with Crippen molar-refractivity contribution in [1.82, 2.24) is 15.5 Å². The Kier molecular flexibility index (Phi) is 6.42. The van der Waals surface area contributed by atoms with Crippen LogP contribution >= 0.6 is 0 Å². The minimum atomic E-state index is 0.135. The molecule has 0 saturated carbocycles. The molecule has 0 aromatic carbocycles. The topological polar surface area (TPSA) is 44.4 Å². The predicted octanol–water partition coefficient (Wildman–Crippen LogP) is 0.587. The first-order valence-electron chi connectivity index (χ1n) is 6.48. The van der Waals surface area contributed by atoms with Gasteiger partial charge in [0.05, 0.1) is 6.54 Å². The van der Waals surface area contributed by atoms with Crippen molar-refractivity contribution in [2.45, 2.75) is 39.2 Å². The van der Waals surface area contributed by atoms with Crippen molar-refractivity contribution in [1.29, 1.82) is 0 Å². The van der Waals surface area contributed by atoms with Crippen LogP contribution in [0.15, 0.2) is 0 Å². The Morgan fingerprint density at radius 1 is 1.31 bits per heavy atom. The Balaban J connectivity index is 2.14. The van der Waals surface area contributed by atoms with Crippen molar-refractivity contribution in [3.8, 4) is 0 Å². The van der Waals surface area contributed by atoms with Gasteiger partial charge in [-0.1, -0.05) is 13.8 Å². The molecule has 4 heteroatoms. The number of rotatable bonds is 6. The summed E-state index contributed by atoms with van der Waals surface area (Å²) in [7, 11) is 0. The maximum atomic E-state index is 11.5. The second-order valence-corrected chi connectivity index (χ2v) is 4.46. The van der Waals surface area contributed by atoms with Crippen molar-refractivity contribution in [3.63, 3.8) is 0 Å². The van der Waals surface area contributed by atoms with E-state index in [0.717, 1.165) is 32.5 Å². The van der Waals surface area contributed by atoms with E-state index < -0.39 is 0 Å². The van der Waals surface area contributed by atoms with E-state index in [2.05, 4.69) is 22.5 Å². The number of hydrogen-bond acceptors (Lipinski definition) is 3. The van der Waals surface area contributed by atoms with Gasteiger partial charge in [-0.2, -0.15) is 0 Å². The van der Waals surface area contributed by atoms with Crippen molar-refractivity contribution < 1.29 is 4.79 Å². The van der Waals surface area contributed by atoms with Crippen LogP contribution in [-0.2, 0) is 4.79 Å². The maximum absolute atomic E-state index is 11.5. The average molecular weight is 227 g/mol. The minimum absolute atomic E-state index is 0.135. The third-order valence-corrected chi connectivity index (χ3v) is 3.03. The van der Waals surface area contributed by atoms with Crippen molar-refractivity contribution in [3.05, 3.63) is 0 Å². The van der Waals surface area contributed by atoms with Crippen LogP contribution in [-0.4, -0.2) is 49.6 Å². The molecule has 1 fully saturated rings. The molecule has 2 N–H and O–H groups in total. The van der Waals surface area contributed by atoms with Crippen molar-refractivity contribution in [2.75, 3.05) is 32.7 Å². The second-order valence-electron chi connectivity index (χ2n) is 4.46. The summed E-state index contributed by atoms with van der Waals surface area (Å²) in [4.78, 5) is 14.0. The molecular weight excluding hydrogens is 202 g/mol. The lowest BCUT2D eigenvalue weighted by Crippen LogP contribution is -2.46. The summed E-state index contributed by atoms with van der Waals surface area (Å²) in [6.07, 6.45) is 3.41. The largest absolute Gasteiger partial charge is 0.352 e. The summed E-state index contributed by atoms with van der Waals surface area (Å²) in [5.74, 6) is 0.135. The molecule has 1 amide bonds. The minimum Gasteiger partial charge on any atom is -0.352 e. The van der Waals surface area contributed by atoms with Gasteiger partial charge in [0.1, 0.15) is 0 Å². The van der Waals surface area contributed by atoms with Gasteiger partial charge in [0, 0.05) is 19.1 Å². The lowest BCUT2D eigenvalue weighted by molar-refractivity contribution is -0.121. The van der Waals surface area contributed by atoms with Gasteiger partial charge in [-0.25, -0.2) is 0 Å². The van der Waals surface area contributed by atoms with Gasteiger partial charge in [0.15, 0.2) is 0 Å². The molecule has 0 bridgehead atoms. The Morgan fingerprint density at radius 3 is 2.56 bits per heavy atom. The highest BCUT2D eigenvalue weighted by Crippen LogP contribution is 2.10. The van der Waals surface area contributed by atoms with Crippen LogP contribution in [0, 0.1) is 0 Å². The van der Waals surface area contributed by atoms with Gasteiger partial charge >= 0.3 is 0 Å². The number of likely N-dealkylation sites (tertiary alicyclic amines) is 1. The molecule has 4 nitrogen and oxygen atoms in total. The molecule has 1 saturated heterocycles. The van der Waals surface area contributed by atoms with Gasteiger partial charge in [-0.3, -0.25) is 4.79 Å². The standard InChI is InChI=1S/C12H25N3O/c1-3-7-15-8-5-11(6-9-15)14-12(16)10-13-4-2/h11,13H,3-10H2,1-2H3,(H,14,16). The smallest absolute Gasteiger partial charge is 0.234 e. The van der Waals surface area contributed by atoms with Crippen LogP contribution in [0.3, 0.4) is 0 Å². The summed E-state index contributed by atoms with van der Waals surface area (Å²) in [6, 6.07) is 0.388. The predicted molar refractivity (Wildman–Crippen MR) is 66.4 cm³/mol. The summed E-state index contributed by atoms with van der Waals surface area (Å²) in [5.41, 5.74) is 0. The summed E-state index contributed by atoms with van der Waals surface area (Å²) in [5, 5.41) is 6.13. The number of nitrogens with zero attached hydrogens (tertiary/aromatic N) is 1. The molecule has 0 aromatic heterocycles. The van der Waals surface area contributed by atoms with Gasteiger partial charge < -0.3 is 15.5 Å². The highest BCUT2D eigenvalue weighted by atomic mass is 16.1. The van der Waals surface area contributed by atoms with Crippen LogP contribution in [0.4, 0.5) is 0 Å². The van der Waals surface area contributed by atoms with E-state index in [1.165, 1.54) is 13.0 Å². The van der Waals surface area contributed by atoms with Crippen LogP contribution in [0.5, 0.6) is 0 Å².